The molecule has 0 bridgehead atoms. The van der Waals surface area contributed by atoms with Gasteiger partial charge in [-0.15, -0.1) is 0 Å². The van der Waals surface area contributed by atoms with Crippen LogP contribution in [0.3, 0.4) is 0 Å². The van der Waals surface area contributed by atoms with Gasteiger partial charge in [-0.2, -0.15) is 0 Å². The third-order valence-electron chi connectivity index (χ3n) is 4.15. The Labute approximate surface area is 76.1 Å². The van der Waals surface area contributed by atoms with Crippen LogP contribution in [-0.2, 0) is 0 Å². The highest BCUT2D eigenvalue weighted by Crippen LogP contribution is 2.42. The first-order valence-electron chi connectivity index (χ1n) is 5.44. The van der Waals surface area contributed by atoms with Crippen LogP contribution in [0.25, 0.3) is 0 Å². The molecule has 1 spiro atoms. The van der Waals surface area contributed by atoms with Gasteiger partial charge in [-0.3, -0.25) is 0 Å². The fraction of sp³-hybridized carbons (Fsp3) is 1.00. The summed E-state index contributed by atoms with van der Waals surface area (Å²) in [6.45, 7) is 3.75. The minimum absolute atomic E-state index is 0.645. The first kappa shape index (κ1) is 8.55. The van der Waals surface area contributed by atoms with Crippen molar-refractivity contribution < 1.29 is 0 Å². The lowest BCUT2D eigenvalue weighted by Crippen LogP contribution is -2.43. The van der Waals surface area contributed by atoms with Crippen molar-refractivity contribution in [3.05, 3.63) is 0 Å². The van der Waals surface area contributed by atoms with Gasteiger partial charge in [0.25, 0.3) is 0 Å². The van der Waals surface area contributed by atoms with Gasteiger partial charge in [-0.1, -0.05) is 6.92 Å². The number of hydrogen-bond donors (Lipinski definition) is 0. The molecule has 1 heteroatoms. The molecule has 1 saturated heterocycles. The van der Waals surface area contributed by atoms with E-state index in [9.17, 15) is 0 Å². The maximum absolute atomic E-state index is 2.62. The number of rotatable bonds is 0. The van der Waals surface area contributed by atoms with Crippen LogP contribution in [0.1, 0.15) is 45.4 Å². The van der Waals surface area contributed by atoms with Crippen molar-refractivity contribution in [1.29, 1.82) is 0 Å². The number of likely N-dealkylation sites (tertiary alicyclic amines) is 1. The molecule has 0 aromatic rings. The van der Waals surface area contributed by atoms with Crippen molar-refractivity contribution in [2.75, 3.05) is 13.6 Å². The molecule has 70 valence electrons. The van der Waals surface area contributed by atoms with Crippen molar-refractivity contribution in [3.63, 3.8) is 0 Å². The van der Waals surface area contributed by atoms with Gasteiger partial charge in [0, 0.05) is 5.54 Å². The van der Waals surface area contributed by atoms with Crippen molar-refractivity contribution in [1.82, 2.24) is 4.90 Å². The van der Waals surface area contributed by atoms with Crippen LogP contribution in [0.5, 0.6) is 0 Å². The van der Waals surface area contributed by atoms with E-state index in [0.717, 1.165) is 5.92 Å². The molecule has 2 fully saturated rings. The predicted octanol–water partition coefficient (Wildman–Crippen LogP) is 2.66. The Kier molecular flexibility index (Phi) is 2.16. The zero-order chi connectivity index (χ0) is 8.60. The lowest BCUT2D eigenvalue weighted by molar-refractivity contribution is 0.101. The molecule has 1 heterocycles. The van der Waals surface area contributed by atoms with Gasteiger partial charge in [0.2, 0.25) is 0 Å². The second-order valence-corrected chi connectivity index (χ2v) is 4.93. The summed E-state index contributed by atoms with van der Waals surface area (Å²) in [4.78, 5) is 2.62. The van der Waals surface area contributed by atoms with Crippen molar-refractivity contribution in [2.24, 2.45) is 5.92 Å². The van der Waals surface area contributed by atoms with E-state index in [-0.39, 0.29) is 0 Å². The molecular formula is C11H21N. The minimum atomic E-state index is 0.645. The summed E-state index contributed by atoms with van der Waals surface area (Å²) in [6.07, 6.45) is 8.76. The molecule has 0 atom stereocenters. The van der Waals surface area contributed by atoms with E-state index >= 15 is 0 Å². The lowest BCUT2D eigenvalue weighted by Gasteiger charge is -2.41. The van der Waals surface area contributed by atoms with Crippen molar-refractivity contribution in [3.8, 4) is 0 Å². The quantitative estimate of drug-likeness (QED) is 0.536. The maximum atomic E-state index is 2.62. The molecule has 2 rings (SSSR count). The SMILES string of the molecule is CC1CCC2(CCCN2C)CC1. The van der Waals surface area contributed by atoms with Crippen LogP contribution in [0.4, 0.5) is 0 Å². The molecule has 1 aliphatic carbocycles. The first-order valence-corrected chi connectivity index (χ1v) is 5.44. The van der Waals surface area contributed by atoms with E-state index in [4.69, 9.17) is 0 Å². The van der Waals surface area contributed by atoms with Gasteiger partial charge in [0.05, 0.1) is 0 Å². The molecule has 0 radical (unpaired) electrons. The van der Waals surface area contributed by atoms with E-state index < -0.39 is 0 Å². The minimum Gasteiger partial charge on any atom is -0.301 e. The van der Waals surface area contributed by atoms with Crippen LogP contribution in [-0.4, -0.2) is 24.0 Å². The molecule has 0 aromatic heterocycles. The van der Waals surface area contributed by atoms with E-state index in [0.29, 0.717) is 5.54 Å². The van der Waals surface area contributed by atoms with Gasteiger partial charge in [-0.25, -0.2) is 0 Å². The summed E-state index contributed by atoms with van der Waals surface area (Å²) in [7, 11) is 2.32. The molecule has 0 aromatic carbocycles. The maximum Gasteiger partial charge on any atom is 0.0207 e. The average molecular weight is 167 g/mol. The van der Waals surface area contributed by atoms with Gasteiger partial charge < -0.3 is 4.90 Å². The number of hydrogen-bond acceptors (Lipinski definition) is 1. The highest BCUT2D eigenvalue weighted by molar-refractivity contribution is 4.96. The molecule has 12 heavy (non-hydrogen) atoms. The molecular weight excluding hydrogens is 146 g/mol. The van der Waals surface area contributed by atoms with Crippen LogP contribution in [0, 0.1) is 5.92 Å². The lowest BCUT2D eigenvalue weighted by atomic mass is 9.76. The summed E-state index contributed by atoms with van der Waals surface area (Å²) in [6, 6.07) is 0. The molecule has 0 amide bonds. The molecule has 2 aliphatic rings. The fourth-order valence-electron chi connectivity index (χ4n) is 3.00. The molecule has 0 unspecified atom stereocenters. The Morgan fingerprint density at radius 2 is 1.83 bits per heavy atom. The van der Waals surface area contributed by atoms with Gasteiger partial charge in [0.15, 0.2) is 0 Å². The van der Waals surface area contributed by atoms with Crippen LogP contribution in [0.2, 0.25) is 0 Å². The smallest absolute Gasteiger partial charge is 0.0207 e. The van der Waals surface area contributed by atoms with E-state index in [1.807, 2.05) is 0 Å². The van der Waals surface area contributed by atoms with E-state index in [1.54, 1.807) is 0 Å². The Bertz CT molecular complexity index is 156. The Hall–Kier alpha value is -0.0400. The largest absolute Gasteiger partial charge is 0.301 e. The monoisotopic (exact) mass is 167 g/mol. The van der Waals surface area contributed by atoms with Gasteiger partial charge in [-0.05, 0) is 58.0 Å². The Morgan fingerprint density at radius 1 is 1.17 bits per heavy atom. The zero-order valence-corrected chi connectivity index (χ0v) is 8.47. The van der Waals surface area contributed by atoms with Gasteiger partial charge >= 0.3 is 0 Å². The average Bonchev–Trinajstić information content (AvgIpc) is 2.41. The van der Waals surface area contributed by atoms with Crippen molar-refractivity contribution in [2.45, 2.75) is 51.0 Å². The Morgan fingerprint density at radius 3 is 2.33 bits per heavy atom. The van der Waals surface area contributed by atoms with Crippen LogP contribution < -0.4 is 0 Å². The first-order chi connectivity index (χ1) is 5.73. The second-order valence-electron chi connectivity index (χ2n) is 4.93. The summed E-state index contributed by atoms with van der Waals surface area (Å²) >= 11 is 0. The van der Waals surface area contributed by atoms with Gasteiger partial charge in [0.1, 0.15) is 0 Å². The third-order valence-corrected chi connectivity index (χ3v) is 4.15. The van der Waals surface area contributed by atoms with Crippen LogP contribution >= 0.6 is 0 Å². The summed E-state index contributed by atoms with van der Waals surface area (Å²) in [5.74, 6) is 0.990. The van der Waals surface area contributed by atoms with Crippen molar-refractivity contribution >= 4 is 0 Å². The number of nitrogens with zero attached hydrogens (tertiary/aromatic N) is 1. The predicted molar refractivity (Wildman–Crippen MR) is 52.2 cm³/mol. The summed E-state index contributed by atoms with van der Waals surface area (Å²) in [5.41, 5.74) is 0.645. The highest BCUT2D eigenvalue weighted by atomic mass is 15.2. The van der Waals surface area contributed by atoms with E-state index in [1.165, 1.54) is 45.1 Å². The standard InChI is InChI=1S/C11H21N/c1-10-4-7-11(8-5-10)6-3-9-12(11)2/h10H,3-9H2,1-2H3. The topological polar surface area (TPSA) is 3.24 Å². The molecule has 0 N–H and O–H groups in total. The summed E-state index contributed by atoms with van der Waals surface area (Å²) < 4.78 is 0. The van der Waals surface area contributed by atoms with Crippen LogP contribution in [0.15, 0.2) is 0 Å². The Balaban J connectivity index is 2.02. The fourth-order valence-corrected chi connectivity index (χ4v) is 3.00. The summed E-state index contributed by atoms with van der Waals surface area (Å²) in [5, 5.41) is 0. The third kappa shape index (κ3) is 1.28. The second kappa shape index (κ2) is 3.02. The molecule has 1 aliphatic heterocycles. The molecule has 1 nitrogen and oxygen atoms in total. The normalized spacial score (nSPS) is 44.0. The zero-order valence-electron chi connectivity index (χ0n) is 8.47. The van der Waals surface area contributed by atoms with E-state index in [2.05, 4.69) is 18.9 Å². The highest BCUT2D eigenvalue weighted by Gasteiger charge is 2.40. The molecule has 1 saturated carbocycles.